The molecule has 0 radical (unpaired) electrons. The largest absolute Gasteiger partial charge is 0.294 e. The van der Waals surface area contributed by atoms with Gasteiger partial charge in [0.1, 0.15) is 5.82 Å². The fourth-order valence-corrected chi connectivity index (χ4v) is 3.33. The summed E-state index contributed by atoms with van der Waals surface area (Å²) in [5, 5.41) is 0.534. The Bertz CT molecular complexity index is 1270. The van der Waals surface area contributed by atoms with Gasteiger partial charge in [-0.15, -0.1) is 0 Å². The van der Waals surface area contributed by atoms with E-state index in [4.69, 9.17) is 0 Å². The molecule has 4 nitrogen and oxygen atoms in total. The third kappa shape index (κ3) is 3.92. The Balaban J connectivity index is 1.80. The number of aryl methyl sites for hydroxylation is 1. The number of ketones is 1. The van der Waals surface area contributed by atoms with Crippen molar-refractivity contribution in [3.8, 4) is 5.69 Å². The fraction of sp³-hybridized carbons (Fsp3) is 0.0800. The molecule has 1 aromatic heterocycles. The van der Waals surface area contributed by atoms with E-state index in [1.165, 1.54) is 0 Å². The average Bonchev–Trinajstić information content (AvgIpc) is 2.74. The summed E-state index contributed by atoms with van der Waals surface area (Å²) in [6.07, 6.45) is 3.36. The van der Waals surface area contributed by atoms with Crippen molar-refractivity contribution in [1.29, 1.82) is 0 Å². The van der Waals surface area contributed by atoms with Crippen molar-refractivity contribution < 1.29 is 4.79 Å². The number of benzene rings is 3. The molecule has 0 aliphatic rings. The van der Waals surface area contributed by atoms with Gasteiger partial charge in [0, 0.05) is 0 Å². The zero-order valence-electron chi connectivity index (χ0n) is 16.1. The monoisotopic (exact) mass is 380 g/mol. The van der Waals surface area contributed by atoms with Gasteiger partial charge in [-0.3, -0.25) is 14.2 Å². The van der Waals surface area contributed by atoms with Gasteiger partial charge in [0.05, 0.1) is 23.0 Å². The molecule has 4 aromatic rings. The number of para-hydroxylation sites is 2. The molecule has 0 unspecified atom stereocenters. The van der Waals surface area contributed by atoms with Crippen molar-refractivity contribution in [2.24, 2.45) is 0 Å². The van der Waals surface area contributed by atoms with Crippen molar-refractivity contribution in [2.75, 3.05) is 0 Å². The molecule has 0 amide bonds. The molecule has 0 saturated heterocycles. The van der Waals surface area contributed by atoms with E-state index in [9.17, 15) is 9.59 Å². The number of allylic oxidation sites excluding steroid dienone is 1. The lowest BCUT2D eigenvalue weighted by molar-refractivity contribution is -0.114. The molecule has 0 spiro atoms. The first-order valence-corrected chi connectivity index (χ1v) is 9.46. The number of carbonyl (C=O) groups is 1. The average molecular weight is 380 g/mol. The highest BCUT2D eigenvalue weighted by molar-refractivity contribution is 5.95. The van der Waals surface area contributed by atoms with Gasteiger partial charge in [0.15, 0.2) is 5.78 Å². The Morgan fingerprint density at radius 3 is 2.41 bits per heavy atom. The van der Waals surface area contributed by atoms with Gasteiger partial charge in [-0.25, -0.2) is 4.98 Å². The van der Waals surface area contributed by atoms with E-state index in [1.807, 2.05) is 73.7 Å². The van der Waals surface area contributed by atoms with E-state index in [-0.39, 0.29) is 17.8 Å². The number of aromatic nitrogens is 2. The minimum atomic E-state index is -0.167. The summed E-state index contributed by atoms with van der Waals surface area (Å²) in [4.78, 5) is 30.6. The van der Waals surface area contributed by atoms with Crippen molar-refractivity contribution in [2.45, 2.75) is 13.3 Å². The molecule has 0 saturated carbocycles. The van der Waals surface area contributed by atoms with E-state index < -0.39 is 0 Å². The topological polar surface area (TPSA) is 52.0 Å². The van der Waals surface area contributed by atoms with Crippen LogP contribution in [-0.2, 0) is 11.2 Å². The third-order valence-corrected chi connectivity index (χ3v) is 4.80. The van der Waals surface area contributed by atoms with Crippen LogP contribution in [0, 0.1) is 6.92 Å². The summed E-state index contributed by atoms with van der Waals surface area (Å²) in [5.74, 6) is 0.323. The van der Waals surface area contributed by atoms with Crippen LogP contribution in [0.2, 0.25) is 0 Å². The Labute approximate surface area is 168 Å². The van der Waals surface area contributed by atoms with Crippen LogP contribution >= 0.6 is 0 Å². The zero-order chi connectivity index (χ0) is 20.2. The van der Waals surface area contributed by atoms with Gasteiger partial charge in [-0.05, 0) is 42.3 Å². The minimum Gasteiger partial charge on any atom is -0.294 e. The van der Waals surface area contributed by atoms with Gasteiger partial charge in [0.25, 0.3) is 5.56 Å². The third-order valence-electron chi connectivity index (χ3n) is 4.80. The van der Waals surface area contributed by atoms with Gasteiger partial charge in [-0.1, -0.05) is 66.7 Å². The molecule has 4 heteroatoms. The molecular weight excluding hydrogens is 360 g/mol. The highest BCUT2D eigenvalue weighted by Gasteiger charge is 2.15. The summed E-state index contributed by atoms with van der Waals surface area (Å²) in [6, 6.07) is 24.5. The van der Waals surface area contributed by atoms with Crippen molar-refractivity contribution >= 4 is 22.8 Å². The first-order valence-electron chi connectivity index (χ1n) is 9.46. The Morgan fingerprint density at radius 1 is 0.931 bits per heavy atom. The standard InChI is InChI=1S/C25H20N2O2/c1-18-9-5-8-14-23(18)27-24(26-22-13-7-6-12-21(22)25(27)29)17-20(28)16-15-19-10-3-2-4-11-19/h2-16H,17H2,1H3. The Hall–Kier alpha value is -3.79. The first-order chi connectivity index (χ1) is 14.1. The molecule has 0 N–H and O–H groups in total. The Kier molecular flexibility index (Phi) is 5.16. The quantitative estimate of drug-likeness (QED) is 0.478. The highest BCUT2D eigenvalue weighted by atomic mass is 16.1. The molecule has 0 fully saturated rings. The maximum absolute atomic E-state index is 13.3. The summed E-state index contributed by atoms with van der Waals surface area (Å²) in [7, 11) is 0. The summed E-state index contributed by atoms with van der Waals surface area (Å²) >= 11 is 0. The second-order valence-electron chi connectivity index (χ2n) is 6.86. The number of nitrogens with zero attached hydrogens (tertiary/aromatic N) is 2. The lowest BCUT2D eigenvalue weighted by Gasteiger charge is -2.14. The molecule has 0 aliphatic heterocycles. The number of carbonyl (C=O) groups excluding carboxylic acids is 1. The van der Waals surface area contributed by atoms with Crippen molar-refractivity contribution in [3.05, 3.63) is 112 Å². The highest BCUT2D eigenvalue weighted by Crippen LogP contribution is 2.17. The number of hydrogen-bond acceptors (Lipinski definition) is 3. The first kappa shape index (κ1) is 18.6. The van der Waals surface area contributed by atoms with E-state index in [0.717, 1.165) is 16.8 Å². The van der Waals surface area contributed by atoms with E-state index in [2.05, 4.69) is 4.98 Å². The van der Waals surface area contributed by atoms with Gasteiger partial charge >= 0.3 is 0 Å². The molecule has 4 rings (SSSR count). The molecule has 3 aromatic carbocycles. The van der Waals surface area contributed by atoms with Crippen LogP contribution in [-0.4, -0.2) is 15.3 Å². The predicted molar refractivity (Wildman–Crippen MR) is 116 cm³/mol. The van der Waals surface area contributed by atoms with E-state index >= 15 is 0 Å². The molecule has 0 bridgehead atoms. The Morgan fingerprint density at radius 2 is 1.62 bits per heavy atom. The second-order valence-corrected chi connectivity index (χ2v) is 6.86. The fourth-order valence-electron chi connectivity index (χ4n) is 3.33. The van der Waals surface area contributed by atoms with Gasteiger partial charge in [-0.2, -0.15) is 0 Å². The van der Waals surface area contributed by atoms with Crippen LogP contribution < -0.4 is 5.56 Å². The lowest BCUT2D eigenvalue weighted by atomic mass is 10.1. The molecule has 0 aliphatic carbocycles. The SMILES string of the molecule is Cc1ccccc1-n1c(CC(=O)C=Cc2ccccc2)nc2ccccc2c1=O. The van der Waals surface area contributed by atoms with E-state index in [0.29, 0.717) is 16.7 Å². The predicted octanol–water partition coefficient (Wildman–Crippen LogP) is 4.52. The maximum atomic E-state index is 13.3. The maximum Gasteiger partial charge on any atom is 0.265 e. The van der Waals surface area contributed by atoms with Crippen molar-refractivity contribution in [3.63, 3.8) is 0 Å². The van der Waals surface area contributed by atoms with Crippen molar-refractivity contribution in [1.82, 2.24) is 9.55 Å². The minimum absolute atomic E-state index is 0.0394. The summed E-state index contributed by atoms with van der Waals surface area (Å²) < 4.78 is 1.56. The molecular formula is C25H20N2O2. The van der Waals surface area contributed by atoms with Crippen LogP contribution in [0.15, 0.2) is 89.7 Å². The molecule has 142 valence electrons. The molecule has 29 heavy (non-hydrogen) atoms. The summed E-state index contributed by atoms with van der Waals surface area (Å²) in [5.41, 5.74) is 3.06. The van der Waals surface area contributed by atoms with Crippen LogP contribution in [0.3, 0.4) is 0 Å². The van der Waals surface area contributed by atoms with Gasteiger partial charge < -0.3 is 0 Å². The number of hydrogen-bond donors (Lipinski definition) is 0. The van der Waals surface area contributed by atoms with E-state index in [1.54, 1.807) is 28.9 Å². The van der Waals surface area contributed by atoms with Crippen LogP contribution in [0.5, 0.6) is 0 Å². The van der Waals surface area contributed by atoms with Crippen LogP contribution in [0.1, 0.15) is 17.0 Å². The smallest absolute Gasteiger partial charge is 0.265 e. The number of rotatable bonds is 5. The normalized spacial score (nSPS) is 11.2. The van der Waals surface area contributed by atoms with Crippen LogP contribution in [0.4, 0.5) is 0 Å². The number of fused-ring (bicyclic) bond motifs is 1. The lowest BCUT2D eigenvalue weighted by Crippen LogP contribution is -2.25. The molecule has 0 atom stereocenters. The van der Waals surface area contributed by atoms with Crippen LogP contribution in [0.25, 0.3) is 22.7 Å². The summed E-state index contributed by atoms with van der Waals surface area (Å²) in [6.45, 7) is 1.94. The zero-order valence-corrected chi connectivity index (χ0v) is 16.1. The van der Waals surface area contributed by atoms with Gasteiger partial charge in [0.2, 0.25) is 0 Å². The molecule has 1 heterocycles. The second kappa shape index (κ2) is 8.07.